The number of benzene rings is 1. The van der Waals surface area contributed by atoms with Crippen molar-refractivity contribution in [2.45, 2.75) is 26.2 Å². The van der Waals surface area contributed by atoms with E-state index in [-0.39, 0.29) is 0 Å². The molecule has 2 heteroatoms. The van der Waals surface area contributed by atoms with Gasteiger partial charge in [-0.3, -0.25) is 0 Å². The molecular formula is C18H26N2. The number of hydrogen-bond donors (Lipinski definition) is 0. The molecule has 2 nitrogen and oxygen atoms in total. The average molecular weight is 270 g/mol. The largest absolute Gasteiger partial charge is 0.366 e. The van der Waals surface area contributed by atoms with Gasteiger partial charge in [0.15, 0.2) is 0 Å². The van der Waals surface area contributed by atoms with Crippen LogP contribution in [0, 0.1) is 6.92 Å². The highest BCUT2D eigenvalue weighted by Gasteiger charge is 2.18. The van der Waals surface area contributed by atoms with E-state index in [1.807, 2.05) is 0 Å². The molecule has 0 saturated carbocycles. The second-order valence-corrected chi connectivity index (χ2v) is 5.93. The Morgan fingerprint density at radius 2 is 1.80 bits per heavy atom. The van der Waals surface area contributed by atoms with Crippen LogP contribution in [0.4, 0.5) is 0 Å². The van der Waals surface area contributed by atoms with Crippen LogP contribution < -0.4 is 0 Å². The Kier molecular flexibility index (Phi) is 5.05. The van der Waals surface area contributed by atoms with E-state index < -0.39 is 0 Å². The van der Waals surface area contributed by atoms with E-state index in [1.165, 1.54) is 16.8 Å². The van der Waals surface area contributed by atoms with E-state index in [9.17, 15) is 0 Å². The van der Waals surface area contributed by atoms with Gasteiger partial charge in [0.25, 0.3) is 0 Å². The molecule has 1 aliphatic heterocycles. The van der Waals surface area contributed by atoms with Crippen molar-refractivity contribution in [2.24, 2.45) is 0 Å². The first-order valence-corrected chi connectivity index (χ1v) is 7.49. The number of rotatable bonds is 4. The second-order valence-electron chi connectivity index (χ2n) is 5.93. The Bertz CT molecular complexity index is 475. The van der Waals surface area contributed by atoms with Crippen LogP contribution in [-0.4, -0.2) is 43.0 Å². The van der Waals surface area contributed by atoms with Crippen LogP contribution in [0.15, 0.2) is 42.3 Å². The number of allylic oxidation sites excluding steroid dienone is 1. The van der Waals surface area contributed by atoms with Gasteiger partial charge in [0.05, 0.1) is 5.70 Å². The third-order valence-electron chi connectivity index (χ3n) is 4.23. The van der Waals surface area contributed by atoms with Gasteiger partial charge in [-0.05, 0) is 25.5 Å². The van der Waals surface area contributed by atoms with Crippen molar-refractivity contribution >= 4 is 0 Å². The summed E-state index contributed by atoms with van der Waals surface area (Å²) in [4.78, 5) is 4.82. The molecule has 1 saturated heterocycles. The van der Waals surface area contributed by atoms with Crippen molar-refractivity contribution in [2.75, 3.05) is 33.2 Å². The summed E-state index contributed by atoms with van der Waals surface area (Å²) in [5.41, 5.74) is 7.16. The lowest BCUT2D eigenvalue weighted by atomic mass is 9.95. The maximum atomic E-state index is 3.90. The van der Waals surface area contributed by atoms with Crippen LogP contribution in [-0.2, 0) is 0 Å². The fourth-order valence-electron chi connectivity index (χ4n) is 2.69. The molecule has 1 aromatic carbocycles. The molecule has 1 unspecified atom stereocenters. The van der Waals surface area contributed by atoms with Crippen molar-refractivity contribution < 1.29 is 0 Å². The molecule has 1 fully saturated rings. The summed E-state index contributed by atoms with van der Waals surface area (Å²) >= 11 is 0. The highest BCUT2D eigenvalue weighted by Crippen LogP contribution is 2.25. The number of hydrogen-bond acceptors (Lipinski definition) is 2. The van der Waals surface area contributed by atoms with Crippen molar-refractivity contribution in [3.63, 3.8) is 0 Å². The van der Waals surface area contributed by atoms with Gasteiger partial charge in [-0.25, -0.2) is 0 Å². The molecule has 0 spiro atoms. The Morgan fingerprint density at radius 3 is 2.35 bits per heavy atom. The monoisotopic (exact) mass is 270 g/mol. The van der Waals surface area contributed by atoms with Crippen molar-refractivity contribution in [1.29, 1.82) is 0 Å². The predicted octanol–water partition coefficient (Wildman–Crippen LogP) is 3.40. The molecule has 0 aromatic heterocycles. The second kappa shape index (κ2) is 6.78. The lowest BCUT2D eigenvalue weighted by Crippen LogP contribution is -2.43. The third kappa shape index (κ3) is 3.75. The molecule has 0 bridgehead atoms. The quantitative estimate of drug-likeness (QED) is 0.774. The molecular weight excluding hydrogens is 244 g/mol. The molecule has 1 aromatic rings. The van der Waals surface area contributed by atoms with Crippen LogP contribution in [0.5, 0.6) is 0 Å². The Balaban J connectivity index is 1.99. The SMILES string of the molecule is C=C=C(CC(C)c1ccc(C)cc1)N1CCN(C)CC1. The summed E-state index contributed by atoms with van der Waals surface area (Å²) in [7, 11) is 2.18. The average Bonchev–Trinajstić information content (AvgIpc) is 2.46. The molecule has 0 amide bonds. The topological polar surface area (TPSA) is 6.48 Å². The minimum absolute atomic E-state index is 0.513. The standard InChI is InChI=1S/C18H26N2/c1-5-18(20-12-10-19(4)11-13-20)14-16(3)17-8-6-15(2)7-9-17/h6-9,16H,1,10-14H2,2-4H3. The van der Waals surface area contributed by atoms with Gasteiger partial charge in [0, 0.05) is 32.6 Å². The zero-order valence-electron chi connectivity index (χ0n) is 13.0. The van der Waals surface area contributed by atoms with E-state index in [1.54, 1.807) is 0 Å². The number of nitrogens with zero attached hydrogens (tertiary/aromatic N) is 2. The van der Waals surface area contributed by atoms with Gasteiger partial charge in [0.2, 0.25) is 0 Å². The first-order valence-electron chi connectivity index (χ1n) is 7.49. The molecule has 108 valence electrons. The molecule has 1 atom stereocenters. The lowest BCUT2D eigenvalue weighted by molar-refractivity contribution is 0.181. The van der Waals surface area contributed by atoms with Gasteiger partial charge in [-0.1, -0.05) is 43.3 Å². The van der Waals surface area contributed by atoms with Gasteiger partial charge >= 0.3 is 0 Å². The normalized spacial score (nSPS) is 17.6. The summed E-state index contributed by atoms with van der Waals surface area (Å²) in [6, 6.07) is 8.87. The molecule has 0 N–H and O–H groups in total. The van der Waals surface area contributed by atoms with Gasteiger partial charge in [-0.15, -0.1) is 5.73 Å². The maximum absolute atomic E-state index is 3.90. The molecule has 1 heterocycles. The van der Waals surface area contributed by atoms with E-state index >= 15 is 0 Å². The van der Waals surface area contributed by atoms with Crippen molar-refractivity contribution in [1.82, 2.24) is 9.80 Å². The zero-order valence-corrected chi connectivity index (χ0v) is 13.0. The maximum Gasteiger partial charge on any atom is 0.0564 e. The number of piperazine rings is 1. The molecule has 1 aliphatic rings. The third-order valence-corrected chi connectivity index (χ3v) is 4.23. The first-order chi connectivity index (χ1) is 9.60. The van der Waals surface area contributed by atoms with E-state index in [0.717, 1.165) is 32.6 Å². The summed E-state index contributed by atoms with van der Waals surface area (Å²) in [6.45, 7) is 12.8. The van der Waals surface area contributed by atoms with E-state index in [4.69, 9.17) is 0 Å². The first kappa shape index (κ1) is 14.9. The summed E-state index contributed by atoms with van der Waals surface area (Å²) < 4.78 is 0. The summed E-state index contributed by atoms with van der Waals surface area (Å²) in [5.74, 6) is 0.513. The highest BCUT2D eigenvalue weighted by atomic mass is 15.2. The van der Waals surface area contributed by atoms with Gasteiger partial charge in [-0.2, -0.15) is 0 Å². The van der Waals surface area contributed by atoms with E-state index in [0.29, 0.717) is 5.92 Å². The molecule has 0 aliphatic carbocycles. The number of likely N-dealkylation sites (N-methyl/N-ethyl adjacent to an activating group) is 1. The predicted molar refractivity (Wildman–Crippen MR) is 85.9 cm³/mol. The minimum Gasteiger partial charge on any atom is -0.366 e. The van der Waals surface area contributed by atoms with Crippen LogP contribution >= 0.6 is 0 Å². The smallest absolute Gasteiger partial charge is 0.0564 e. The van der Waals surface area contributed by atoms with Crippen molar-refractivity contribution in [3.8, 4) is 0 Å². The lowest BCUT2D eigenvalue weighted by Gasteiger charge is -2.35. The van der Waals surface area contributed by atoms with Crippen LogP contribution in [0.1, 0.15) is 30.4 Å². The molecule has 0 radical (unpaired) electrons. The van der Waals surface area contributed by atoms with Gasteiger partial charge < -0.3 is 9.80 Å². The summed E-state index contributed by atoms with van der Waals surface area (Å²) in [5, 5.41) is 0. The highest BCUT2D eigenvalue weighted by molar-refractivity contribution is 5.25. The Labute approximate surface area is 123 Å². The summed E-state index contributed by atoms with van der Waals surface area (Å²) in [6.07, 6.45) is 1.02. The van der Waals surface area contributed by atoms with Gasteiger partial charge in [0.1, 0.15) is 0 Å². The minimum atomic E-state index is 0.513. The van der Waals surface area contributed by atoms with E-state index in [2.05, 4.69) is 67.3 Å². The van der Waals surface area contributed by atoms with Crippen LogP contribution in [0.25, 0.3) is 0 Å². The van der Waals surface area contributed by atoms with Crippen LogP contribution in [0.2, 0.25) is 0 Å². The van der Waals surface area contributed by atoms with Crippen LogP contribution in [0.3, 0.4) is 0 Å². The molecule has 2 rings (SSSR count). The Hall–Kier alpha value is -1.50. The molecule has 20 heavy (non-hydrogen) atoms. The van der Waals surface area contributed by atoms with Crippen molar-refractivity contribution in [3.05, 3.63) is 53.4 Å². The Morgan fingerprint density at radius 1 is 1.20 bits per heavy atom. The fraction of sp³-hybridized carbons (Fsp3) is 0.500. The zero-order chi connectivity index (χ0) is 14.5. The fourth-order valence-corrected chi connectivity index (χ4v) is 2.69. The number of aryl methyl sites for hydroxylation is 1.